The molecule has 1 aliphatic heterocycles. The molecule has 0 saturated carbocycles. The minimum absolute atomic E-state index is 0.0278. The second-order valence-electron chi connectivity index (χ2n) is 11.4. The number of anilines is 1. The lowest BCUT2D eigenvalue weighted by atomic mass is 10.1. The second-order valence-corrected chi connectivity index (χ2v) is 13.7. The van der Waals surface area contributed by atoms with Crippen LogP contribution in [0.1, 0.15) is 24.8 Å². The monoisotopic (exact) mass is 721 g/mol. The largest absolute Gasteiger partial charge is 0.474 e. The average molecular weight is 722 g/mol. The summed E-state index contributed by atoms with van der Waals surface area (Å²) in [6.45, 7) is 2.61. The number of nitrogens with zero attached hydrogens (tertiary/aromatic N) is 4. The Morgan fingerprint density at radius 1 is 1.04 bits per heavy atom. The SMILES string of the molecule is COP(=O)(OC)OCCN1CCN(C(=O)CC[C@@H](COC(=O)Nc2cc3ccccc3cn2)N(C)C(=O)CCc2cccc(F)c2Cl)CC1. The summed E-state index contributed by atoms with van der Waals surface area (Å²) in [5.74, 6) is -0.625. The van der Waals surface area contributed by atoms with Gasteiger partial charge in [-0.2, -0.15) is 0 Å². The molecule has 1 N–H and O–H groups in total. The third-order valence-corrected chi connectivity index (χ3v) is 10.2. The van der Waals surface area contributed by atoms with Gasteiger partial charge in [-0.3, -0.25) is 33.4 Å². The van der Waals surface area contributed by atoms with Gasteiger partial charge in [-0.1, -0.05) is 48.0 Å². The zero-order valence-corrected chi connectivity index (χ0v) is 29.5. The number of carbonyl (C=O) groups excluding carboxylic acids is 3. The molecular formula is C33H42ClFN5O8P. The third kappa shape index (κ3) is 11.2. The topological polar surface area (TPSA) is 140 Å². The predicted molar refractivity (Wildman–Crippen MR) is 183 cm³/mol. The van der Waals surface area contributed by atoms with Crippen LogP contribution in [0.4, 0.5) is 15.0 Å². The Hall–Kier alpha value is -3.65. The molecule has 0 bridgehead atoms. The molecule has 3 aromatic rings. The minimum Gasteiger partial charge on any atom is -0.447 e. The van der Waals surface area contributed by atoms with Crippen molar-refractivity contribution in [3.05, 3.63) is 71.1 Å². The Labute approximate surface area is 290 Å². The van der Waals surface area contributed by atoms with Crippen molar-refractivity contribution in [2.75, 3.05) is 72.5 Å². The fourth-order valence-electron chi connectivity index (χ4n) is 5.35. The van der Waals surface area contributed by atoms with E-state index >= 15 is 0 Å². The maximum absolute atomic E-state index is 13.9. The number of phosphoric ester groups is 1. The highest BCUT2D eigenvalue weighted by Gasteiger charge is 2.27. The average Bonchev–Trinajstić information content (AvgIpc) is 3.11. The molecule has 1 fully saturated rings. The Balaban J connectivity index is 1.32. The summed E-state index contributed by atoms with van der Waals surface area (Å²) >= 11 is 6.08. The molecule has 16 heteroatoms. The van der Waals surface area contributed by atoms with E-state index in [9.17, 15) is 23.3 Å². The van der Waals surface area contributed by atoms with Gasteiger partial charge in [0.1, 0.15) is 18.2 Å². The molecule has 0 unspecified atom stereocenters. The number of hydrogen-bond donors (Lipinski definition) is 1. The molecule has 3 amide bonds. The number of ether oxygens (including phenoxy) is 1. The molecule has 0 spiro atoms. The van der Waals surface area contributed by atoms with Gasteiger partial charge in [0.05, 0.1) is 17.7 Å². The van der Waals surface area contributed by atoms with Crippen LogP contribution in [0.15, 0.2) is 54.7 Å². The zero-order valence-electron chi connectivity index (χ0n) is 27.8. The van der Waals surface area contributed by atoms with Gasteiger partial charge >= 0.3 is 13.9 Å². The smallest absolute Gasteiger partial charge is 0.447 e. The van der Waals surface area contributed by atoms with E-state index in [-0.39, 0.29) is 55.7 Å². The van der Waals surface area contributed by atoms with E-state index in [0.717, 1.165) is 10.8 Å². The van der Waals surface area contributed by atoms with Gasteiger partial charge in [0.15, 0.2) is 0 Å². The summed E-state index contributed by atoms with van der Waals surface area (Å²) in [4.78, 5) is 48.8. The van der Waals surface area contributed by atoms with Crippen LogP contribution in [0.2, 0.25) is 5.02 Å². The highest BCUT2D eigenvalue weighted by molar-refractivity contribution is 7.48. The summed E-state index contributed by atoms with van der Waals surface area (Å²) in [7, 11) is 0.535. The normalized spacial score (nSPS) is 14.4. The van der Waals surface area contributed by atoms with Crippen molar-refractivity contribution >= 4 is 53.9 Å². The molecule has 1 saturated heterocycles. The van der Waals surface area contributed by atoms with E-state index in [1.807, 2.05) is 24.3 Å². The van der Waals surface area contributed by atoms with E-state index in [2.05, 4.69) is 15.2 Å². The van der Waals surface area contributed by atoms with Crippen molar-refractivity contribution in [3.63, 3.8) is 0 Å². The first-order valence-corrected chi connectivity index (χ1v) is 17.7. The number of halogens is 2. The standard InChI is InChI=1S/C33H42ClFN5O8P/c1-38(30(41)13-11-24-9-6-10-28(35)32(24)34)27(23-47-33(43)37-29-21-25-7-4-5-8-26(25)22-36-29)12-14-31(42)40-17-15-39(16-18-40)19-20-48-49(44,45-2)46-3/h4-10,21-22,27H,11-20,23H2,1-3H3,(H,36,37,43)/t27-/m0/s1. The molecule has 1 aromatic heterocycles. The quantitative estimate of drug-likeness (QED) is 0.192. The van der Waals surface area contributed by atoms with Crippen molar-refractivity contribution in [3.8, 4) is 0 Å². The number of likely N-dealkylation sites (N-methyl/N-ethyl adjacent to an activating group) is 1. The highest BCUT2D eigenvalue weighted by Crippen LogP contribution is 2.47. The first-order chi connectivity index (χ1) is 23.5. The van der Waals surface area contributed by atoms with Gasteiger partial charge in [-0.25, -0.2) is 18.7 Å². The van der Waals surface area contributed by atoms with Crippen LogP contribution in [0.25, 0.3) is 10.8 Å². The van der Waals surface area contributed by atoms with Crippen molar-refractivity contribution in [2.24, 2.45) is 0 Å². The first kappa shape index (κ1) is 38.2. The van der Waals surface area contributed by atoms with Gasteiger partial charge in [0.2, 0.25) is 11.8 Å². The van der Waals surface area contributed by atoms with Crippen LogP contribution in [-0.4, -0.2) is 111 Å². The molecule has 2 heterocycles. The van der Waals surface area contributed by atoms with E-state index in [4.69, 9.17) is 29.9 Å². The van der Waals surface area contributed by atoms with Crippen molar-refractivity contribution < 1.29 is 41.6 Å². The number of piperazine rings is 1. The van der Waals surface area contributed by atoms with Crippen LogP contribution in [0.3, 0.4) is 0 Å². The lowest BCUT2D eigenvalue weighted by Gasteiger charge is -2.35. The van der Waals surface area contributed by atoms with Gasteiger partial charge in [0.25, 0.3) is 0 Å². The molecule has 4 rings (SSSR count). The maximum Gasteiger partial charge on any atom is 0.474 e. The molecule has 0 aliphatic carbocycles. The first-order valence-electron chi connectivity index (χ1n) is 15.8. The summed E-state index contributed by atoms with van der Waals surface area (Å²) in [5, 5.41) is 4.41. The Morgan fingerprint density at radius 3 is 2.47 bits per heavy atom. The summed E-state index contributed by atoms with van der Waals surface area (Å²) in [6.07, 6.45) is 1.49. The van der Waals surface area contributed by atoms with Crippen LogP contribution < -0.4 is 5.32 Å². The van der Waals surface area contributed by atoms with E-state index in [0.29, 0.717) is 44.1 Å². The number of nitrogens with one attached hydrogen (secondary N) is 1. The molecule has 49 heavy (non-hydrogen) atoms. The van der Waals surface area contributed by atoms with Crippen molar-refractivity contribution in [2.45, 2.75) is 31.7 Å². The number of amides is 3. The van der Waals surface area contributed by atoms with Crippen molar-refractivity contribution in [1.29, 1.82) is 0 Å². The fraction of sp³-hybridized carbons (Fsp3) is 0.455. The molecule has 1 atom stereocenters. The fourth-order valence-corrected chi connectivity index (χ4v) is 6.23. The van der Waals surface area contributed by atoms with Gasteiger partial charge in [0, 0.05) is 78.4 Å². The molecule has 1 aliphatic rings. The van der Waals surface area contributed by atoms with Gasteiger partial charge in [-0.05, 0) is 35.9 Å². The Morgan fingerprint density at radius 2 is 1.76 bits per heavy atom. The van der Waals surface area contributed by atoms with Crippen LogP contribution >= 0.6 is 19.4 Å². The number of carbonyl (C=O) groups is 3. The Kier molecular flexibility index (Phi) is 14.3. The lowest BCUT2D eigenvalue weighted by molar-refractivity contribution is -0.136. The maximum atomic E-state index is 13.9. The molecule has 13 nitrogen and oxygen atoms in total. The number of pyridine rings is 1. The second kappa shape index (κ2) is 18.4. The summed E-state index contributed by atoms with van der Waals surface area (Å²) in [5.41, 5.74) is 0.505. The molecule has 0 radical (unpaired) electrons. The lowest BCUT2D eigenvalue weighted by Crippen LogP contribution is -2.49. The third-order valence-electron chi connectivity index (χ3n) is 8.37. The van der Waals surface area contributed by atoms with Crippen LogP contribution in [0.5, 0.6) is 0 Å². The van der Waals surface area contributed by atoms with E-state index < -0.39 is 25.8 Å². The number of benzene rings is 2. The molecular weight excluding hydrogens is 680 g/mol. The zero-order chi connectivity index (χ0) is 35.4. The molecule has 266 valence electrons. The van der Waals surface area contributed by atoms with E-state index in [1.165, 1.54) is 31.3 Å². The predicted octanol–water partition coefficient (Wildman–Crippen LogP) is 5.38. The number of phosphoric acid groups is 1. The summed E-state index contributed by atoms with van der Waals surface area (Å²) < 4.78 is 46.3. The van der Waals surface area contributed by atoms with E-state index in [1.54, 1.807) is 30.3 Å². The summed E-state index contributed by atoms with van der Waals surface area (Å²) in [6, 6.07) is 13.1. The Bertz CT molecular complexity index is 1640. The van der Waals surface area contributed by atoms with Crippen molar-refractivity contribution in [1.82, 2.24) is 19.7 Å². The van der Waals surface area contributed by atoms with Gasteiger partial charge < -0.3 is 14.5 Å². The number of aryl methyl sites for hydroxylation is 1. The van der Waals surface area contributed by atoms with Gasteiger partial charge in [-0.15, -0.1) is 0 Å². The number of hydrogen-bond acceptors (Lipinski definition) is 10. The highest BCUT2D eigenvalue weighted by atomic mass is 35.5. The number of aromatic nitrogens is 1. The number of rotatable bonds is 16. The molecule has 2 aromatic carbocycles. The minimum atomic E-state index is -3.55. The number of fused-ring (bicyclic) bond motifs is 1. The van der Waals surface area contributed by atoms with Crippen LogP contribution in [-0.2, 0) is 38.9 Å². The van der Waals surface area contributed by atoms with Crippen LogP contribution in [0, 0.1) is 5.82 Å².